The smallest absolute Gasteiger partial charge is 0.322 e. The molecule has 0 bridgehead atoms. The van der Waals surface area contributed by atoms with Gasteiger partial charge in [-0.1, -0.05) is 6.07 Å². The molecule has 2 heterocycles. The zero-order valence-corrected chi connectivity index (χ0v) is 9.00. The number of rotatable bonds is 4. The van der Waals surface area contributed by atoms with Gasteiger partial charge in [0.05, 0.1) is 11.4 Å². The lowest BCUT2D eigenvalue weighted by molar-refractivity contribution is -0.134. The van der Waals surface area contributed by atoms with Crippen molar-refractivity contribution >= 4 is 11.7 Å². The van der Waals surface area contributed by atoms with E-state index in [9.17, 15) is 4.79 Å². The molecule has 0 amide bonds. The molecule has 0 radical (unpaired) electrons. The maximum atomic E-state index is 10.5. The van der Waals surface area contributed by atoms with Gasteiger partial charge in [0.2, 0.25) is 0 Å². The number of nitrogens with zero attached hydrogens (tertiary/aromatic N) is 2. The molecule has 2 aromatic heterocycles. The quantitative estimate of drug-likeness (QED) is 0.833. The van der Waals surface area contributed by atoms with E-state index in [1.165, 1.54) is 0 Å². The molecule has 5 nitrogen and oxygen atoms in total. The zero-order chi connectivity index (χ0) is 12.1. The molecule has 5 heteroatoms. The lowest BCUT2D eigenvalue weighted by atomic mass is 10.2. The minimum absolute atomic E-state index is 0.147. The lowest BCUT2D eigenvalue weighted by Gasteiger charge is -2.08. The van der Waals surface area contributed by atoms with Crippen molar-refractivity contribution in [3.05, 3.63) is 42.7 Å². The Hall–Kier alpha value is -2.43. The first kappa shape index (κ1) is 11.1. The predicted octanol–water partition coefficient (Wildman–Crippen LogP) is 1.64. The van der Waals surface area contributed by atoms with Crippen molar-refractivity contribution in [2.45, 2.75) is 0 Å². The van der Waals surface area contributed by atoms with Gasteiger partial charge in [-0.05, 0) is 24.3 Å². The molecule has 0 atom stereocenters. The second-order valence-corrected chi connectivity index (χ2v) is 3.36. The second-order valence-electron chi connectivity index (χ2n) is 3.36. The van der Waals surface area contributed by atoms with Gasteiger partial charge in [0.15, 0.2) is 0 Å². The van der Waals surface area contributed by atoms with E-state index in [1.54, 1.807) is 24.5 Å². The zero-order valence-electron chi connectivity index (χ0n) is 9.00. The Morgan fingerprint density at radius 1 is 1.18 bits per heavy atom. The highest BCUT2D eigenvalue weighted by Crippen LogP contribution is 2.22. The van der Waals surface area contributed by atoms with Crippen LogP contribution in [-0.4, -0.2) is 27.6 Å². The Labute approximate surface area is 98.2 Å². The van der Waals surface area contributed by atoms with Crippen LogP contribution in [0.25, 0.3) is 11.4 Å². The van der Waals surface area contributed by atoms with Gasteiger partial charge in [-0.2, -0.15) is 0 Å². The summed E-state index contributed by atoms with van der Waals surface area (Å²) in [5.74, 6) is -0.916. The van der Waals surface area contributed by atoms with E-state index in [1.807, 2.05) is 18.2 Å². The molecule has 17 heavy (non-hydrogen) atoms. The molecule has 0 aliphatic rings. The van der Waals surface area contributed by atoms with Gasteiger partial charge in [-0.25, -0.2) is 0 Å². The number of aliphatic carboxylic acids is 1. The highest BCUT2D eigenvalue weighted by atomic mass is 16.4. The van der Waals surface area contributed by atoms with Gasteiger partial charge in [0.1, 0.15) is 12.2 Å². The minimum atomic E-state index is -0.916. The number of hydrogen-bond acceptors (Lipinski definition) is 4. The van der Waals surface area contributed by atoms with Crippen molar-refractivity contribution in [3.63, 3.8) is 0 Å². The molecule has 2 aromatic rings. The van der Waals surface area contributed by atoms with Gasteiger partial charge in [-0.15, -0.1) is 0 Å². The van der Waals surface area contributed by atoms with E-state index >= 15 is 0 Å². The highest BCUT2D eigenvalue weighted by Gasteiger charge is 2.07. The maximum Gasteiger partial charge on any atom is 0.322 e. The SMILES string of the molecule is O=C(O)CNc1cccnc1-c1ccccn1. The molecule has 86 valence electrons. The van der Waals surface area contributed by atoms with Gasteiger partial charge >= 0.3 is 5.97 Å². The van der Waals surface area contributed by atoms with Crippen molar-refractivity contribution in [2.24, 2.45) is 0 Å². The van der Waals surface area contributed by atoms with Crippen LogP contribution in [0.2, 0.25) is 0 Å². The van der Waals surface area contributed by atoms with Crippen LogP contribution in [0, 0.1) is 0 Å². The van der Waals surface area contributed by atoms with Crippen molar-refractivity contribution in [1.82, 2.24) is 9.97 Å². The fourth-order valence-electron chi connectivity index (χ4n) is 1.43. The van der Waals surface area contributed by atoms with Crippen molar-refractivity contribution in [1.29, 1.82) is 0 Å². The van der Waals surface area contributed by atoms with E-state index in [0.29, 0.717) is 17.1 Å². The van der Waals surface area contributed by atoms with Crippen molar-refractivity contribution in [2.75, 3.05) is 11.9 Å². The summed E-state index contributed by atoms with van der Waals surface area (Å²) in [4.78, 5) is 18.9. The van der Waals surface area contributed by atoms with E-state index in [-0.39, 0.29) is 6.54 Å². The molecular weight excluding hydrogens is 218 g/mol. The Morgan fingerprint density at radius 3 is 2.71 bits per heavy atom. The van der Waals surface area contributed by atoms with Crippen molar-refractivity contribution in [3.8, 4) is 11.4 Å². The van der Waals surface area contributed by atoms with Crippen LogP contribution >= 0.6 is 0 Å². The summed E-state index contributed by atoms with van der Waals surface area (Å²) >= 11 is 0. The maximum absolute atomic E-state index is 10.5. The van der Waals surface area contributed by atoms with Gasteiger partial charge in [0, 0.05) is 12.4 Å². The molecule has 0 fully saturated rings. The number of aromatic nitrogens is 2. The third kappa shape index (κ3) is 2.78. The van der Waals surface area contributed by atoms with Crippen LogP contribution in [-0.2, 0) is 4.79 Å². The Kier molecular flexibility index (Phi) is 3.30. The number of anilines is 1. The summed E-state index contributed by atoms with van der Waals surface area (Å²) in [5.41, 5.74) is 2.02. The molecule has 0 saturated carbocycles. The fraction of sp³-hybridized carbons (Fsp3) is 0.0833. The third-order valence-electron chi connectivity index (χ3n) is 2.15. The standard InChI is InChI=1S/C12H11N3O2/c16-11(17)8-15-10-5-3-7-14-12(10)9-4-1-2-6-13-9/h1-7,15H,8H2,(H,16,17). The monoisotopic (exact) mass is 229 g/mol. The minimum Gasteiger partial charge on any atom is -0.480 e. The number of hydrogen-bond donors (Lipinski definition) is 2. The fourth-order valence-corrected chi connectivity index (χ4v) is 1.43. The molecule has 0 aliphatic heterocycles. The topological polar surface area (TPSA) is 75.1 Å². The van der Waals surface area contributed by atoms with E-state index in [2.05, 4.69) is 15.3 Å². The normalized spacial score (nSPS) is 9.88. The van der Waals surface area contributed by atoms with Crippen LogP contribution in [0.15, 0.2) is 42.7 Å². The van der Waals surface area contributed by atoms with Crippen molar-refractivity contribution < 1.29 is 9.90 Å². The second kappa shape index (κ2) is 5.07. The summed E-state index contributed by atoms with van der Waals surface area (Å²) in [5, 5.41) is 11.4. The molecule has 2 rings (SSSR count). The molecule has 0 spiro atoms. The molecule has 2 N–H and O–H groups in total. The van der Waals surface area contributed by atoms with Gasteiger partial charge < -0.3 is 10.4 Å². The number of nitrogens with one attached hydrogen (secondary N) is 1. The summed E-state index contributed by atoms with van der Waals surface area (Å²) in [6, 6.07) is 9.03. The predicted molar refractivity (Wildman–Crippen MR) is 63.6 cm³/mol. The number of pyridine rings is 2. The number of carboxylic acid groups (broad SMARTS) is 1. The summed E-state index contributed by atoms with van der Waals surface area (Å²) in [7, 11) is 0. The Bertz CT molecular complexity index is 514. The summed E-state index contributed by atoms with van der Waals surface area (Å²) < 4.78 is 0. The van der Waals surface area contributed by atoms with Crippen LogP contribution in [0.5, 0.6) is 0 Å². The molecule has 0 aliphatic carbocycles. The van der Waals surface area contributed by atoms with Gasteiger partial charge in [0.25, 0.3) is 0 Å². The largest absolute Gasteiger partial charge is 0.480 e. The molecule has 0 unspecified atom stereocenters. The first-order chi connectivity index (χ1) is 8.27. The van der Waals surface area contributed by atoms with Crippen LogP contribution in [0.1, 0.15) is 0 Å². The van der Waals surface area contributed by atoms with Crippen LogP contribution in [0.3, 0.4) is 0 Å². The lowest BCUT2D eigenvalue weighted by Crippen LogP contribution is -2.13. The molecular formula is C12H11N3O2. The summed E-state index contributed by atoms with van der Waals surface area (Å²) in [6.07, 6.45) is 3.32. The first-order valence-corrected chi connectivity index (χ1v) is 5.09. The van der Waals surface area contributed by atoms with Crippen LogP contribution in [0.4, 0.5) is 5.69 Å². The molecule has 0 aromatic carbocycles. The highest BCUT2D eigenvalue weighted by molar-refractivity contribution is 5.77. The van der Waals surface area contributed by atoms with E-state index in [4.69, 9.17) is 5.11 Å². The van der Waals surface area contributed by atoms with Crippen LogP contribution < -0.4 is 5.32 Å². The Morgan fingerprint density at radius 2 is 2.00 bits per heavy atom. The summed E-state index contributed by atoms with van der Waals surface area (Å²) in [6.45, 7) is -0.147. The van der Waals surface area contributed by atoms with Gasteiger partial charge in [-0.3, -0.25) is 14.8 Å². The molecule has 0 saturated heterocycles. The average Bonchev–Trinajstić information content (AvgIpc) is 2.38. The first-order valence-electron chi connectivity index (χ1n) is 5.09. The number of carbonyl (C=O) groups is 1. The Balaban J connectivity index is 2.31. The number of carboxylic acids is 1. The van der Waals surface area contributed by atoms with E-state index in [0.717, 1.165) is 0 Å². The van der Waals surface area contributed by atoms with E-state index < -0.39 is 5.97 Å². The third-order valence-corrected chi connectivity index (χ3v) is 2.15. The average molecular weight is 229 g/mol.